The van der Waals surface area contributed by atoms with E-state index in [0.29, 0.717) is 11.8 Å². The maximum atomic E-state index is 12.2. The summed E-state index contributed by atoms with van der Waals surface area (Å²) in [6.45, 7) is 6.35. The van der Waals surface area contributed by atoms with Gasteiger partial charge in [0.1, 0.15) is 6.10 Å². The average Bonchev–Trinajstić information content (AvgIpc) is 2.59. The first kappa shape index (κ1) is 18.0. The van der Waals surface area contributed by atoms with Crippen LogP contribution in [-0.2, 0) is 16.0 Å². The number of cyclic esters (lactones) is 1. The molecular weight excluding hydrogens is 284 g/mol. The first-order valence-electron chi connectivity index (χ1n) is 9.36. The van der Waals surface area contributed by atoms with Gasteiger partial charge < -0.3 is 4.74 Å². The molecule has 1 aliphatic heterocycles. The van der Waals surface area contributed by atoms with Crippen molar-refractivity contribution in [2.24, 2.45) is 17.8 Å². The Morgan fingerprint density at radius 1 is 1.13 bits per heavy atom. The lowest BCUT2D eigenvalue weighted by Crippen LogP contribution is -2.31. The summed E-state index contributed by atoms with van der Waals surface area (Å²) < 4.78 is 5.82. The highest BCUT2D eigenvalue weighted by Crippen LogP contribution is 2.33. The van der Waals surface area contributed by atoms with Crippen LogP contribution in [-0.4, -0.2) is 12.1 Å². The highest BCUT2D eigenvalue weighted by molar-refractivity contribution is 5.72. The van der Waals surface area contributed by atoms with Gasteiger partial charge >= 0.3 is 5.97 Å². The fourth-order valence-electron chi connectivity index (χ4n) is 3.87. The van der Waals surface area contributed by atoms with Crippen LogP contribution in [0.4, 0.5) is 0 Å². The molecule has 0 radical (unpaired) electrons. The van der Waals surface area contributed by atoms with E-state index in [0.717, 1.165) is 25.7 Å². The molecule has 4 atom stereocenters. The van der Waals surface area contributed by atoms with Gasteiger partial charge in [0, 0.05) is 0 Å². The van der Waals surface area contributed by atoms with Gasteiger partial charge in [-0.1, -0.05) is 63.4 Å². The van der Waals surface area contributed by atoms with Crippen molar-refractivity contribution in [3.63, 3.8) is 0 Å². The molecule has 1 aromatic rings. The fourth-order valence-corrected chi connectivity index (χ4v) is 3.87. The van der Waals surface area contributed by atoms with Crippen LogP contribution in [0.1, 0.15) is 64.9 Å². The molecule has 1 heterocycles. The smallest absolute Gasteiger partial charge is 0.308 e. The fraction of sp³-hybridized carbons (Fsp3) is 0.667. The van der Waals surface area contributed by atoms with Gasteiger partial charge in [-0.3, -0.25) is 4.79 Å². The lowest BCUT2D eigenvalue weighted by atomic mass is 9.78. The van der Waals surface area contributed by atoms with Gasteiger partial charge in [-0.15, -0.1) is 0 Å². The molecule has 1 aliphatic rings. The molecule has 1 saturated heterocycles. The predicted molar refractivity (Wildman–Crippen MR) is 95.2 cm³/mol. The van der Waals surface area contributed by atoms with E-state index < -0.39 is 0 Å². The largest absolute Gasteiger partial charge is 0.462 e. The highest BCUT2D eigenvalue weighted by atomic mass is 16.5. The molecule has 0 aromatic heterocycles. The first-order chi connectivity index (χ1) is 11.1. The van der Waals surface area contributed by atoms with Crippen molar-refractivity contribution in [3.05, 3.63) is 35.9 Å². The molecule has 2 rings (SSSR count). The number of esters is 1. The Kier molecular flexibility index (Phi) is 7.14. The van der Waals surface area contributed by atoms with E-state index in [4.69, 9.17) is 4.74 Å². The summed E-state index contributed by atoms with van der Waals surface area (Å²) >= 11 is 0. The molecule has 1 fully saturated rings. The van der Waals surface area contributed by atoms with E-state index in [9.17, 15) is 4.79 Å². The molecule has 0 unspecified atom stereocenters. The Balaban J connectivity index is 2.16. The highest BCUT2D eigenvalue weighted by Gasteiger charge is 2.31. The van der Waals surface area contributed by atoms with Crippen LogP contribution in [0.15, 0.2) is 30.3 Å². The van der Waals surface area contributed by atoms with Crippen molar-refractivity contribution in [2.45, 2.75) is 71.8 Å². The van der Waals surface area contributed by atoms with Gasteiger partial charge in [0.25, 0.3) is 0 Å². The normalized spacial score (nSPS) is 29.3. The quantitative estimate of drug-likeness (QED) is 0.679. The molecule has 2 heteroatoms. The summed E-state index contributed by atoms with van der Waals surface area (Å²) in [7, 11) is 0. The lowest BCUT2D eigenvalue weighted by molar-refractivity contribution is -0.156. The van der Waals surface area contributed by atoms with Crippen molar-refractivity contribution in [3.8, 4) is 0 Å². The number of unbranched alkanes of at least 4 members (excludes halogenated alkanes) is 1. The number of carbonyl (C=O) groups is 1. The maximum Gasteiger partial charge on any atom is 0.308 e. The zero-order chi connectivity index (χ0) is 16.7. The molecule has 23 heavy (non-hydrogen) atoms. The van der Waals surface area contributed by atoms with E-state index in [1.807, 2.05) is 6.92 Å². The Bertz CT molecular complexity index is 468. The molecule has 0 saturated carbocycles. The molecular formula is C21H32O2. The summed E-state index contributed by atoms with van der Waals surface area (Å²) in [5, 5.41) is 0. The van der Waals surface area contributed by atoms with E-state index in [2.05, 4.69) is 44.2 Å². The van der Waals surface area contributed by atoms with Crippen molar-refractivity contribution >= 4 is 5.97 Å². The minimum absolute atomic E-state index is 0.000593. The van der Waals surface area contributed by atoms with E-state index >= 15 is 0 Å². The molecule has 0 amide bonds. The van der Waals surface area contributed by atoms with Crippen LogP contribution in [0.25, 0.3) is 0 Å². The molecule has 0 spiro atoms. The standard InChI is InChI=1S/C21H32O2/c1-4-5-14-20-17(3)23-21(22)16(2)10-9-13-19(20)15-18-11-7-6-8-12-18/h6-8,11-12,16-17,19-20H,4-5,9-10,13-15H2,1-3H3/t16-,17-,19+,20-/m0/s1. The molecule has 128 valence electrons. The van der Waals surface area contributed by atoms with Crippen LogP contribution in [0.5, 0.6) is 0 Å². The second-order valence-corrected chi connectivity index (χ2v) is 7.23. The third kappa shape index (κ3) is 5.37. The summed E-state index contributed by atoms with van der Waals surface area (Å²) in [5.41, 5.74) is 1.41. The molecule has 0 bridgehead atoms. The Morgan fingerprint density at radius 2 is 1.87 bits per heavy atom. The Morgan fingerprint density at radius 3 is 2.57 bits per heavy atom. The van der Waals surface area contributed by atoms with Gasteiger partial charge in [0.15, 0.2) is 0 Å². The van der Waals surface area contributed by atoms with Crippen molar-refractivity contribution < 1.29 is 9.53 Å². The molecule has 2 nitrogen and oxygen atoms in total. The summed E-state index contributed by atoms with van der Waals surface area (Å²) in [6, 6.07) is 10.8. The summed E-state index contributed by atoms with van der Waals surface area (Å²) in [5.74, 6) is 1.13. The topological polar surface area (TPSA) is 26.3 Å². The second kappa shape index (κ2) is 9.10. The minimum Gasteiger partial charge on any atom is -0.462 e. The molecule has 1 aromatic carbocycles. The monoisotopic (exact) mass is 316 g/mol. The zero-order valence-electron chi connectivity index (χ0n) is 15.0. The number of benzene rings is 1. The van der Waals surface area contributed by atoms with Crippen LogP contribution in [0, 0.1) is 17.8 Å². The van der Waals surface area contributed by atoms with E-state index in [1.165, 1.54) is 24.8 Å². The van der Waals surface area contributed by atoms with Gasteiger partial charge in [-0.2, -0.15) is 0 Å². The minimum atomic E-state index is -0.000593. The van der Waals surface area contributed by atoms with Gasteiger partial charge in [-0.25, -0.2) is 0 Å². The average molecular weight is 316 g/mol. The second-order valence-electron chi connectivity index (χ2n) is 7.23. The maximum absolute atomic E-state index is 12.2. The Hall–Kier alpha value is -1.31. The van der Waals surface area contributed by atoms with Crippen LogP contribution >= 0.6 is 0 Å². The number of ether oxygens (including phenoxy) is 1. The van der Waals surface area contributed by atoms with E-state index in [-0.39, 0.29) is 18.0 Å². The SMILES string of the molecule is CCCC[C@@H]1[C@@H](Cc2ccccc2)CCC[C@H](C)C(=O)O[C@H]1C. The zero-order valence-corrected chi connectivity index (χ0v) is 15.0. The first-order valence-corrected chi connectivity index (χ1v) is 9.36. The van der Waals surface area contributed by atoms with Gasteiger partial charge in [0.2, 0.25) is 0 Å². The number of carbonyl (C=O) groups excluding carboxylic acids is 1. The Labute approximate surface area is 141 Å². The molecule has 0 N–H and O–H groups in total. The van der Waals surface area contributed by atoms with Crippen LogP contribution < -0.4 is 0 Å². The predicted octanol–water partition coefficient (Wildman–Crippen LogP) is 5.40. The number of hydrogen-bond acceptors (Lipinski definition) is 2. The summed E-state index contributed by atoms with van der Waals surface area (Å²) in [4.78, 5) is 12.2. The van der Waals surface area contributed by atoms with Crippen molar-refractivity contribution in [2.75, 3.05) is 0 Å². The van der Waals surface area contributed by atoms with Crippen molar-refractivity contribution in [1.82, 2.24) is 0 Å². The van der Waals surface area contributed by atoms with Gasteiger partial charge in [0.05, 0.1) is 5.92 Å². The van der Waals surface area contributed by atoms with Gasteiger partial charge in [-0.05, 0) is 50.0 Å². The third-order valence-corrected chi connectivity index (χ3v) is 5.36. The molecule has 0 aliphatic carbocycles. The van der Waals surface area contributed by atoms with Crippen LogP contribution in [0.2, 0.25) is 0 Å². The number of hydrogen-bond donors (Lipinski definition) is 0. The van der Waals surface area contributed by atoms with Crippen LogP contribution in [0.3, 0.4) is 0 Å². The van der Waals surface area contributed by atoms with E-state index in [1.54, 1.807) is 0 Å². The van der Waals surface area contributed by atoms with Crippen molar-refractivity contribution in [1.29, 1.82) is 0 Å². The third-order valence-electron chi connectivity index (χ3n) is 5.36. The number of rotatable bonds is 5. The summed E-state index contributed by atoms with van der Waals surface area (Å²) in [6.07, 6.45) is 8.00. The lowest BCUT2D eigenvalue weighted by Gasteiger charge is -2.31.